The number of halogens is 2. The number of ether oxygens (including phenoxy) is 2. The number of hydrogen-bond acceptors (Lipinski definition) is 10. The van der Waals surface area contributed by atoms with Gasteiger partial charge in [0.05, 0.1) is 23.4 Å². The van der Waals surface area contributed by atoms with Crippen molar-refractivity contribution in [2.24, 2.45) is 0 Å². The van der Waals surface area contributed by atoms with Crippen molar-refractivity contribution in [1.82, 2.24) is 19.6 Å². The summed E-state index contributed by atoms with van der Waals surface area (Å²) in [6.07, 6.45) is -2.87. The van der Waals surface area contributed by atoms with E-state index in [1.807, 2.05) is 4.98 Å². The van der Waals surface area contributed by atoms with E-state index in [9.17, 15) is 24.1 Å². The van der Waals surface area contributed by atoms with E-state index < -0.39 is 67.8 Å². The largest absolute Gasteiger partial charge is 0.462 e. The minimum atomic E-state index is -4.43. The number of nitrogens with one attached hydrogen (secondary N) is 2. The molecule has 0 aliphatic carbocycles. The van der Waals surface area contributed by atoms with Crippen molar-refractivity contribution in [2.75, 3.05) is 6.61 Å². The first-order valence-corrected chi connectivity index (χ1v) is 15.1. The van der Waals surface area contributed by atoms with Crippen molar-refractivity contribution in [3.63, 3.8) is 0 Å². The Kier molecular flexibility index (Phi) is 9.90. The summed E-state index contributed by atoms with van der Waals surface area (Å²) in [5.41, 5.74) is -2.85. The molecule has 3 N–H and O–H groups in total. The van der Waals surface area contributed by atoms with Gasteiger partial charge in [0, 0.05) is 24.0 Å². The van der Waals surface area contributed by atoms with Gasteiger partial charge < -0.3 is 19.1 Å². The van der Waals surface area contributed by atoms with E-state index in [4.69, 9.17) is 30.1 Å². The highest BCUT2D eigenvalue weighted by molar-refractivity contribution is 7.52. The molecule has 0 amide bonds. The summed E-state index contributed by atoms with van der Waals surface area (Å²) in [6, 6.07) is 9.52. The first kappa shape index (κ1) is 32.5. The number of benzene rings is 1. The Balaban J connectivity index is 1.55. The molecule has 1 aliphatic rings. The number of aliphatic hydroxyl groups excluding tert-OH is 1. The van der Waals surface area contributed by atoms with Gasteiger partial charge in [-0.25, -0.2) is 13.8 Å². The normalized spacial score (nSPS) is 24.0. The number of carbonyl (C=O) groups is 1. The molecule has 0 saturated carbocycles. The molecule has 232 valence electrons. The molecule has 6 atom stereocenters. The first-order valence-electron chi connectivity index (χ1n) is 13.2. The molecular formula is C27H31ClFN4O9P. The van der Waals surface area contributed by atoms with Crippen LogP contribution in [0.2, 0.25) is 5.02 Å². The van der Waals surface area contributed by atoms with E-state index in [0.29, 0.717) is 16.3 Å². The molecule has 1 aliphatic heterocycles. The number of H-pyrrole nitrogens is 1. The lowest BCUT2D eigenvalue weighted by Crippen LogP contribution is -2.43. The zero-order chi connectivity index (χ0) is 31.5. The molecule has 2 aromatic heterocycles. The maximum atomic E-state index is 15.6. The van der Waals surface area contributed by atoms with Gasteiger partial charge in [-0.05, 0) is 64.1 Å². The van der Waals surface area contributed by atoms with Crippen LogP contribution in [0.1, 0.15) is 33.9 Å². The van der Waals surface area contributed by atoms with Crippen molar-refractivity contribution >= 4 is 25.3 Å². The second-order valence-electron chi connectivity index (χ2n) is 10.2. The van der Waals surface area contributed by atoms with Gasteiger partial charge in [-0.2, -0.15) is 5.09 Å². The first-order chi connectivity index (χ1) is 20.2. The Morgan fingerprint density at radius 1 is 1.23 bits per heavy atom. The molecule has 43 heavy (non-hydrogen) atoms. The number of rotatable bonds is 11. The van der Waals surface area contributed by atoms with Gasteiger partial charge >= 0.3 is 19.4 Å². The predicted octanol–water partition coefficient (Wildman–Crippen LogP) is 3.37. The molecule has 0 bridgehead atoms. The number of aromatic nitrogens is 3. The lowest BCUT2D eigenvalue weighted by atomic mass is 9.98. The summed E-state index contributed by atoms with van der Waals surface area (Å²) in [6.45, 7) is 5.00. The molecule has 16 heteroatoms. The summed E-state index contributed by atoms with van der Waals surface area (Å²) in [5.74, 6) is -0.656. The van der Waals surface area contributed by atoms with E-state index in [-0.39, 0.29) is 5.75 Å². The topological polar surface area (TPSA) is 171 Å². The second-order valence-corrected chi connectivity index (χ2v) is 12.4. The summed E-state index contributed by atoms with van der Waals surface area (Å²) >= 11 is 5.90. The molecule has 13 nitrogen and oxygen atoms in total. The summed E-state index contributed by atoms with van der Waals surface area (Å²) in [5, 5.41) is 13.7. The van der Waals surface area contributed by atoms with Gasteiger partial charge in [-0.1, -0.05) is 11.6 Å². The van der Waals surface area contributed by atoms with Gasteiger partial charge in [0.1, 0.15) is 24.0 Å². The molecule has 4 rings (SSSR count). The molecule has 1 unspecified atom stereocenters. The van der Waals surface area contributed by atoms with E-state index in [1.165, 1.54) is 25.3 Å². The molecule has 1 aromatic carbocycles. The summed E-state index contributed by atoms with van der Waals surface area (Å²) < 4.78 is 52.3. The third-order valence-corrected chi connectivity index (χ3v) is 8.26. The fraction of sp³-hybridized carbons (Fsp3) is 0.407. The third kappa shape index (κ3) is 7.77. The number of nitrogens with zero attached hydrogens (tertiary/aromatic N) is 2. The molecular weight excluding hydrogens is 610 g/mol. The molecule has 1 saturated heterocycles. The van der Waals surface area contributed by atoms with Crippen LogP contribution in [0.3, 0.4) is 0 Å². The van der Waals surface area contributed by atoms with E-state index in [1.54, 1.807) is 38.1 Å². The van der Waals surface area contributed by atoms with Gasteiger partial charge in [0.15, 0.2) is 11.9 Å². The quantitative estimate of drug-likeness (QED) is 0.207. The highest BCUT2D eigenvalue weighted by atomic mass is 35.5. The van der Waals surface area contributed by atoms with Crippen LogP contribution in [0.15, 0.2) is 64.4 Å². The maximum Gasteiger partial charge on any atom is 0.459 e. The van der Waals surface area contributed by atoms with Crippen LogP contribution in [0.25, 0.3) is 11.3 Å². The van der Waals surface area contributed by atoms with Crippen molar-refractivity contribution in [1.29, 1.82) is 0 Å². The average molecular weight is 641 g/mol. The van der Waals surface area contributed by atoms with Crippen molar-refractivity contribution < 1.29 is 37.4 Å². The van der Waals surface area contributed by atoms with Crippen LogP contribution < -0.4 is 20.9 Å². The lowest BCUT2D eigenvalue weighted by Gasteiger charge is -2.25. The van der Waals surface area contributed by atoms with Crippen molar-refractivity contribution in [2.45, 2.75) is 63.9 Å². The van der Waals surface area contributed by atoms with Crippen LogP contribution in [-0.4, -0.2) is 62.2 Å². The zero-order valence-electron chi connectivity index (χ0n) is 23.6. The van der Waals surface area contributed by atoms with Gasteiger partial charge in [-0.15, -0.1) is 0 Å². The van der Waals surface area contributed by atoms with Gasteiger partial charge in [-0.3, -0.25) is 28.6 Å². The minimum Gasteiger partial charge on any atom is -0.462 e. The number of pyridine rings is 1. The third-order valence-electron chi connectivity index (χ3n) is 6.39. The Bertz CT molecular complexity index is 1600. The average Bonchev–Trinajstić information content (AvgIpc) is 3.16. The van der Waals surface area contributed by atoms with Gasteiger partial charge in [0.25, 0.3) is 5.56 Å². The smallest absolute Gasteiger partial charge is 0.459 e. The van der Waals surface area contributed by atoms with Crippen LogP contribution in [0.4, 0.5) is 4.39 Å². The van der Waals surface area contributed by atoms with Crippen molar-refractivity contribution in [3.05, 3.63) is 80.7 Å². The SMILES string of the molecule is CC(C)OC(=O)[C@H](C)NP(=O)(OC[C@H]1O[C@@H](n2ccc(=O)[nH]c2=O)[C@](C)(F)[C@@H]1O)Oc1ccc(-c2ccc(Cl)cn2)cc1. The Morgan fingerprint density at radius 2 is 1.93 bits per heavy atom. The van der Waals surface area contributed by atoms with E-state index in [2.05, 4.69) is 10.1 Å². The van der Waals surface area contributed by atoms with Crippen LogP contribution >= 0.6 is 19.3 Å². The highest BCUT2D eigenvalue weighted by Gasteiger charge is 2.56. The van der Waals surface area contributed by atoms with Crippen LogP contribution in [0.5, 0.6) is 5.75 Å². The number of esters is 1. The van der Waals surface area contributed by atoms with E-state index in [0.717, 1.165) is 23.8 Å². The number of hydrogen-bond donors (Lipinski definition) is 3. The molecule has 3 aromatic rings. The minimum absolute atomic E-state index is 0.0823. The number of aromatic amines is 1. The molecule has 3 heterocycles. The standard InChI is InChI=1S/C27H31ClFN4O9P/c1-15(2)40-24(36)16(3)32-43(38,42-19-8-5-17(6-9-19)20-10-7-18(28)13-30-20)39-14-21-23(35)27(4,29)25(41-21)33-12-11-22(34)31-26(33)37/h5-13,15-16,21,23,25,35H,14H2,1-4H3,(H,32,38)(H,31,34,37)/t16-,21+,23+,25+,27+,43?/m0/s1. The molecule has 0 radical (unpaired) electrons. The van der Waals surface area contributed by atoms with Crippen LogP contribution in [-0.2, 0) is 23.4 Å². The fourth-order valence-electron chi connectivity index (χ4n) is 4.22. The van der Waals surface area contributed by atoms with Crippen LogP contribution in [0, 0.1) is 0 Å². The lowest BCUT2D eigenvalue weighted by molar-refractivity contribution is -0.149. The monoisotopic (exact) mass is 640 g/mol. The fourth-order valence-corrected chi connectivity index (χ4v) is 5.83. The highest BCUT2D eigenvalue weighted by Crippen LogP contribution is 2.47. The van der Waals surface area contributed by atoms with Crippen molar-refractivity contribution in [3.8, 4) is 17.0 Å². The predicted molar refractivity (Wildman–Crippen MR) is 153 cm³/mol. The number of aliphatic hydroxyl groups is 1. The Hall–Kier alpha value is -3.39. The second kappa shape index (κ2) is 13.1. The number of alkyl halides is 1. The Labute approximate surface area is 250 Å². The summed E-state index contributed by atoms with van der Waals surface area (Å²) in [4.78, 5) is 42.4. The maximum absolute atomic E-state index is 15.6. The summed E-state index contributed by atoms with van der Waals surface area (Å²) in [7, 11) is -4.43. The number of carbonyl (C=O) groups excluding carboxylic acids is 1. The van der Waals surface area contributed by atoms with Gasteiger partial charge in [0.2, 0.25) is 0 Å². The molecule has 1 fully saturated rings. The van der Waals surface area contributed by atoms with E-state index >= 15 is 4.39 Å². The zero-order valence-corrected chi connectivity index (χ0v) is 25.3. The Morgan fingerprint density at radius 3 is 2.53 bits per heavy atom. The molecule has 0 spiro atoms.